The number of aromatic nitrogens is 3. The van der Waals surface area contributed by atoms with Gasteiger partial charge in [-0.25, -0.2) is 8.78 Å². The van der Waals surface area contributed by atoms with E-state index in [2.05, 4.69) is 15.3 Å². The van der Waals surface area contributed by atoms with Crippen LogP contribution in [0.4, 0.5) is 14.6 Å². The summed E-state index contributed by atoms with van der Waals surface area (Å²) in [6.45, 7) is 6.05. The Morgan fingerprint density at radius 1 is 1.18 bits per heavy atom. The number of ether oxygens (including phenoxy) is 2. The Labute approximate surface area is 260 Å². The first-order chi connectivity index (χ1) is 21.7. The topological polar surface area (TPSA) is 113 Å². The highest BCUT2D eigenvalue weighted by Crippen LogP contribution is 2.45. The van der Waals surface area contributed by atoms with Crippen molar-refractivity contribution in [2.75, 3.05) is 44.4 Å². The van der Waals surface area contributed by atoms with E-state index in [9.17, 15) is 14.6 Å². The molecule has 11 heteroatoms. The highest BCUT2D eigenvalue weighted by atomic mass is 19.1. The lowest BCUT2D eigenvalue weighted by molar-refractivity contribution is -0.0123. The Kier molecular flexibility index (Phi) is 7.74. The minimum Gasteiger partial charge on any atom is -0.508 e. The summed E-state index contributed by atoms with van der Waals surface area (Å²) >= 11 is 0. The SMILES string of the molecule is CCc1c(F)ccc2cc(O)cc(-c3ncc4c(N5CCOC[C@@](C)(O)C5)nc(OC[C@@]56CCCN[C@@H]5CCC6)nc4c3F)c12. The largest absolute Gasteiger partial charge is 0.508 e. The summed E-state index contributed by atoms with van der Waals surface area (Å²) in [7, 11) is 0. The van der Waals surface area contributed by atoms with Gasteiger partial charge in [0.1, 0.15) is 34.2 Å². The zero-order valence-corrected chi connectivity index (χ0v) is 25.7. The van der Waals surface area contributed by atoms with Crippen molar-refractivity contribution >= 4 is 27.5 Å². The number of benzene rings is 2. The molecule has 238 valence electrons. The maximum Gasteiger partial charge on any atom is 0.319 e. The van der Waals surface area contributed by atoms with Crippen LogP contribution < -0.4 is 15.0 Å². The number of piperidine rings is 1. The van der Waals surface area contributed by atoms with Crippen LogP contribution in [0.2, 0.25) is 0 Å². The molecule has 2 aromatic heterocycles. The van der Waals surface area contributed by atoms with Gasteiger partial charge in [-0.15, -0.1) is 0 Å². The molecular formula is C34H39F2N5O4. The molecule has 9 nitrogen and oxygen atoms in total. The van der Waals surface area contributed by atoms with Crippen LogP contribution in [0.25, 0.3) is 32.9 Å². The number of phenols is 1. The van der Waals surface area contributed by atoms with E-state index in [1.807, 2.05) is 11.8 Å². The third-order valence-corrected chi connectivity index (χ3v) is 9.79. The number of nitrogens with zero attached hydrogens (tertiary/aromatic N) is 4. The molecule has 3 aliphatic rings. The van der Waals surface area contributed by atoms with Crippen LogP contribution in [0, 0.1) is 17.0 Å². The Morgan fingerprint density at radius 2 is 2.02 bits per heavy atom. The standard InChI is InChI=1S/C34H39F2N5O4/c1-3-22-25(35)8-7-20-14-21(42)15-23(27(20)22)29-28(36)30-24(16-38-29)31(41-12-13-44-18-33(2,43)17-41)40-32(39-30)45-19-34-9-4-6-26(34)37-11-5-10-34/h7-8,14-16,26,37,42-43H,3-6,9-13,17-19H2,1-2H3/t26-,33+,34-/m1/s1. The van der Waals surface area contributed by atoms with Crippen LogP contribution >= 0.6 is 0 Å². The zero-order valence-electron chi connectivity index (χ0n) is 25.7. The first-order valence-corrected chi connectivity index (χ1v) is 15.9. The molecule has 4 heterocycles. The summed E-state index contributed by atoms with van der Waals surface area (Å²) in [6, 6.07) is 6.28. The molecule has 0 bridgehead atoms. The lowest BCUT2D eigenvalue weighted by atomic mass is 9.76. The van der Waals surface area contributed by atoms with Crippen LogP contribution in [0.1, 0.15) is 51.5 Å². The fourth-order valence-electron chi connectivity index (χ4n) is 7.66. The number of rotatable bonds is 6. The fourth-order valence-corrected chi connectivity index (χ4v) is 7.66. The van der Waals surface area contributed by atoms with Gasteiger partial charge in [0.05, 0.1) is 31.8 Å². The summed E-state index contributed by atoms with van der Waals surface area (Å²) in [6.07, 6.45) is 7.24. The fraction of sp³-hybridized carbons (Fsp3) is 0.500. The number of pyridine rings is 1. The lowest BCUT2D eigenvalue weighted by Crippen LogP contribution is -2.49. The normalized spacial score (nSPS) is 25.4. The number of phenolic OH excluding ortho intramolecular Hbond substituents is 1. The van der Waals surface area contributed by atoms with E-state index in [1.165, 1.54) is 24.4 Å². The average molecular weight is 620 g/mol. The van der Waals surface area contributed by atoms with Gasteiger partial charge in [-0.1, -0.05) is 19.4 Å². The number of anilines is 1. The van der Waals surface area contributed by atoms with E-state index in [0.29, 0.717) is 59.8 Å². The van der Waals surface area contributed by atoms with E-state index in [-0.39, 0.29) is 47.1 Å². The molecule has 3 atom stereocenters. The summed E-state index contributed by atoms with van der Waals surface area (Å²) < 4.78 is 43.8. The van der Waals surface area contributed by atoms with Crippen molar-refractivity contribution in [1.82, 2.24) is 20.3 Å². The molecule has 0 unspecified atom stereocenters. The minimum atomic E-state index is -1.16. The molecule has 3 fully saturated rings. The molecular weight excluding hydrogens is 580 g/mol. The number of aliphatic hydroxyl groups is 1. The molecule has 4 aromatic rings. The van der Waals surface area contributed by atoms with Crippen LogP contribution in [0.15, 0.2) is 30.5 Å². The van der Waals surface area contributed by atoms with Gasteiger partial charge < -0.3 is 29.9 Å². The van der Waals surface area contributed by atoms with Crippen molar-refractivity contribution in [3.05, 3.63) is 47.7 Å². The maximum absolute atomic E-state index is 16.8. The second kappa shape index (κ2) is 11.6. The van der Waals surface area contributed by atoms with Crippen LogP contribution in [0.3, 0.4) is 0 Å². The number of aromatic hydroxyl groups is 1. The van der Waals surface area contributed by atoms with E-state index in [1.54, 1.807) is 13.0 Å². The van der Waals surface area contributed by atoms with Crippen molar-refractivity contribution in [3.8, 4) is 23.0 Å². The predicted octanol–water partition coefficient (Wildman–Crippen LogP) is 5.28. The van der Waals surface area contributed by atoms with Gasteiger partial charge in [0, 0.05) is 29.8 Å². The number of aryl methyl sites for hydroxylation is 1. The van der Waals surface area contributed by atoms with Gasteiger partial charge in [0.2, 0.25) is 0 Å². The summed E-state index contributed by atoms with van der Waals surface area (Å²) in [5, 5.41) is 26.6. The highest BCUT2D eigenvalue weighted by Gasteiger charge is 2.45. The average Bonchev–Trinajstić information content (AvgIpc) is 3.36. The Hall–Kier alpha value is -3.67. The zero-order chi connectivity index (χ0) is 31.3. The molecule has 0 amide bonds. The van der Waals surface area contributed by atoms with E-state index in [4.69, 9.17) is 14.5 Å². The molecule has 7 rings (SSSR count). The predicted molar refractivity (Wildman–Crippen MR) is 168 cm³/mol. The van der Waals surface area contributed by atoms with Gasteiger partial charge in [0.25, 0.3) is 0 Å². The Bertz CT molecular complexity index is 1770. The number of halogens is 2. The quantitative estimate of drug-likeness (QED) is 0.265. The smallest absolute Gasteiger partial charge is 0.319 e. The summed E-state index contributed by atoms with van der Waals surface area (Å²) in [4.78, 5) is 15.8. The minimum absolute atomic E-state index is 0.00186. The molecule has 45 heavy (non-hydrogen) atoms. The van der Waals surface area contributed by atoms with Gasteiger partial charge in [-0.05, 0) is 80.1 Å². The number of hydrogen-bond acceptors (Lipinski definition) is 9. The highest BCUT2D eigenvalue weighted by molar-refractivity contribution is 6.01. The molecule has 2 aliphatic heterocycles. The van der Waals surface area contributed by atoms with Crippen LogP contribution in [-0.2, 0) is 11.2 Å². The van der Waals surface area contributed by atoms with Crippen molar-refractivity contribution < 1.29 is 28.5 Å². The molecule has 0 spiro atoms. The second-order valence-corrected chi connectivity index (χ2v) is 13.1. The monoisotopic (exact) mass is 619 g/mol. The molecule has 3 N–H and O–H groups in total. The van der Waals surface area contributed by atoms with Gasteiger partial charge >= 0.3 is 6.01 Å². The van der Waals surface area contributed by atoms with Gasteiger partial charge in [-0.2, -0.15) is 9.97 Å². The van der Waals surface area contributed by atoms with Crippen LogP contribution in [-0.4, -0.2) is 76.3 Å². The molecule has 1 saturated carbocycles. The van der Waals surface area contributed by atoms with E-state index >= 15 is 4.39 Å². The van der Waals surface area contributed by atoms with Gasteiger partial charge in [-0.3, -0.25) is 4.98 Å². The number of hydrogen-bond donors (Lipinski definition) is 3. The first-order valence-electron chi connectivity index (χ1n) is 15.9. The lowest BCUT2D eigenvalue weighted by Gasteiger charge is -2.39. The molecule has 1 aliphatic carbocycles. The Morgan fingerprint density at radius 3 is 2.87 bits per heavy atom. The van der Waals surface area contributed by atoms with E-state index in [0.717, 1.165) is 38.6 Å². The van der Waals surface area contributed by atoms with E-state index < -0.39 is 17.2 Å². The first kappa shape index (κ1) is 30.0. The number of fused-ring (bicyclic) bond motifs is 3. The summed E-state index contributed by atoms with van der Waals surface area (Å²) in [5.74, 6) is -0.830. The molecule has 2 saturated heterocycles. The van der Waals surface area contributed by atoms with Crippen molar-refractivity contribution in [1.29, 1.82) is 0 Å². The molecule has 2 aromatic carbocycles. The molecule has 0 radical (unpaired) electrons. The summed E-state index contributed by atoms with van der Waals surface area (Å²) in [5.41, 5.74) is -0.565. The second-order valence-electron chi connectivity index (χ2n) is 13.1. The Balaban J connectivity index is 1.39. The van der Waals surface area contributed by atoms with Crippen molar-refractivity contribution in [3.63, 3.8) is 0 Å². The third kappa shape index (κ3) is 5.44. The van der Waals surface area contributed by atoms with Crippen molar-refractivity contribution in [2.45, 2.75) is 64.0 Å². The maximum atomic E-state index is 16.8. The van der Waals surface area contributed by atoms with Crippen LogP contribution in [0.5, 0.6) is 11.8 Å². The van der Waals surface area contributed by atoms with Gasteiger partial charge in [0.15, 0.2) is 5.82 Å². The third-order valence-electron chi connectivity index (χ3n) is 9.79. The van der Waals surface area contributed by atoms with Crippen molar-refractivity contribution in [2.24, 2.45) is 5.41 Å². The number of β-amino-alcohol motifs (C(OH)–C–C–N with tert-alkyl or cyclic N) is 1. The number of nitrogens with one attached hydrogen (secondary N) is 1.